The predicted molar refractivity (Wildman–Crippen MR) is 98.2 cm³/mol. The third-order valence-electron chi connectivity index (χ3n) is 4.85. The molecule has 126 valence electrons. The van der Waals surface area contributed by atoms with E-state index < -0.39 is 0 Å². The number of amides is 1. The van der Waals surface area contributed by atoms with E-state index >= 15 is 0 Å². The molecule has 1 aliphatic carbocycles. The van der Waals surface area contributed by atoms with Gasteiger partial charge in [0.25, 0.3) is 0 Å². The predicted octanol–water partition coefficient (Wildman–Crippen LogP) is 3.75. The fourth-order valence-electron chi connectivity index (χ4n) is 3.50. The Hall–Kier alpha value is -2.88. The van der Waals surface area contributed by atoms with Crippen LogP contribution in [0, 0.1) is 5.92 Å². The lowest BCUT2D eigenvalue weighted by atomic mass is 9.88. The van der Waals surface area contributed by atoms with Crippen LogP contribution in [0.5, 0.6) is 0 Å². The number of hydrogen-bond acceptors (Lipinski definition) is 2. The zero-order valence-corrected chi connectivity index (χ0v) is 14.1. The second kappa shape index (κ2) is 6.93. The van der Waals surface area contributed by atoms with Gasteiger partial charge in [-0.1, -0.05) is 48.5 Å². The summed E-state index contributed by atoms with van der Waals surface area (Å²) in [6, 6.07) is 20.1. The van der Waals surface area contributed by atoms with Crippen LogP contribution in [-0.2, 0) is 24.2 Å². The van der Waals surface area contributed by atoms with Gasteiger partial charge in [0.1, 0.15) is 0 Å². The highest BCUT2D eigenvalue weighted by Crippen LogP contribution is 2.27. The van der Waals surface area contributed by atoms with Crippen molar-refractivity contribution in [3.05, 3.63) is 83.9 Å². The van der Waals surface area contributed by atoms with Crippen LogP contribution in [-0.4, -0.2) is 15.9 Å². The van der Waals surface area contributed by atoms with E-state index in [-0.39, 0.29) is 11.8 Å². The minimum absolute atomic E-state index is 0.00290. The van der Waals surface area contributed by atoms with Crippen molar-refractivity contribution in [1.29, 1.82) is 0 Å². The Morgan fingerprint density at radius 1 is 1.08 bits per heavy atom. The molecule has 1 heterocycles. The number of hydrogen-bond donors (Lipinski definition) is 1. The van der Waals surface area contributed by atoms with Crippen molar-refractivity contribution in [3.8, 4) is 0 Å². The van der Waals surface area contributed by atoms with Crippen LogP contribution in [0.1, 0.15) is 23.4 Å². The van der Waals surface area contributed by atoms with Gasteiger partial charge < -0.3 is 9.88 Å². The van der Waals surface area contributed by atoms with E-state index in [2.05, 4.69) is 22.1 Å². The highest BCUT2D eigenvalue weighted by Gasteiger charge is 2.30. The maximum Gasteiger partial charge on any atom is 0.230 e. The number of anilines is 1. The average Bonchev–Trinajstić information content (AvgIpc) is 3.15. The molecule has 4 nitrogen and oxygen atoms in total. The quantitative estimate of drug-likeness (QED) is 0.791. The second-order valence-corrected chi connectivity index (χ2v) is 6.51. The van der Waals surface area contributed by atoms with E-state index in [9.17, 15) is 4.79 Å². The Morgan fingerprint density at radius 3 is 2.56 bits per heavy atom. The Bertz CT molecular complexity index is 842. The molecule has 0 spiro atoms. The van der Waals surface area contributed by atoms with Gasteiger partial charge in [0, 0.05) is 23.7 Å². The normalized spacial score (nSPS) is 16.2. The lowest BCUT2D eigenvalue weighted by molar-refractivity contribution is -0.122. The van der Waals surface area contributed by atoms with Crippen molar-refractivity contribution in [1.82, 2.24) is 9.97 Å². The van der Waals surface area contributed by atoms with Crippen molar-refractivity contribution in [2.24, 2.45) is 5.92 Å². The van der Waals surface area contributed by atoms with E-state index in [0.29, 0.717) is 6.54 Å². The molecule has 3 aromatic rings. The molecule has 1 aromatic heterocycles. The van der Waals surface area contributed by atoms with E-state index in [1.54, 1.807) is 6.33 Å². The minimum Gasteiger partial charge on any atom is -0.348 e. The summed E-state index contributed by atoms with van der Waals surface area (Å²) in [4.78, 5) is 22.8. The number of H-pyrrole nitrogens is 1. The van der Waals surface area contributed by atoms with E-state index in [4.69, 9.17) is 0 Å². The zero-order chi connectivity index (χ0) is 17.1. The minimum atomic E-state index is -0.00290. The summed E-state index contributed by atoms with van der Waals surface area (Å²) < 4.78 is 0. The largest absolute Gasteiger partial charge is 0.348 e. The Kier molecular flexibility index (Phi) is 4.34. The molecule has 2 aromatic carbocycles. The number of aryl methyl sites for hydroxylation is 1. The summed E-state index contributed by atoms with van der Waals surface area (Å²) in [6.45, 7) is 0.593. The number of carbonyl (C=O) groups excluding carboxylic acids is 1. The number of carbonyl (C=O) groups is 1. The summed E-state index contributed by atoms with van der Waals surface area (Å²) in [5.41, 5.74) is 4.31. The lowest BCUT2D eigenvalue weighted by Gasteiger charge is -2.29. The number of aromatic amines is 1. The smallest absolute Gasteiger partial charge is 0.230 e. The summed E-state index contributed by atoms with van der Waals surface area (Å²) in [5.74, 6) is 0.187. The molecule has 4 heteroatoms. The van der Waals surface area contributed by atoms with E-state index in [1.165, 1.54) is 0 Å². The van der Waals surface area contributed by atoms with Gasteiger partial charge in [-0.15, -0.1) is 0 Å². The summed E-state index contributed by atoms with van der Waals surface area (Å²) in [7, 11) is 0. The SMILES string of the molecule is O=C(C1CCc2nc[nH]c2C1)N(Cc1ccccc1)c1ccccc1. The van der Waals surface area contributed by atoms with Gasteiger partial charge in [0.05, 0.1) is 18.6 Å². The van der Waals surface area contributed by atoms with E-state index in [0.717, 1.165) is 41.9 Å². The van der Waals surface area contributed by atoms with Crippen molar-refractivity contribution in [2.45, 2.75) is 25.8 Å². The van der Waals surface area contributed by atoms with Crippen molar-refractivity contribution in [3.63, 3.8) is 0 Å². The van der Waals surface area contributed by atoms with Crippen molar-refractivity contribution >= 4 is 11.6 Å². The number of aromatic nitrogens is 2. The molecule has 4 rings (SSSR count). The fraction of sp³-hybridized carbons (Fsp3) is 0.238. The number of nitrogens with one attached hydrogen (secondary N) is 1. The Morgan fingerprint density at radius 2 is 1.80 bits per heavy atom. The third-order valence-corrected chi connectivity index (χ3v) is 4.85. The Balaban J connectivity index is 1.60. The molecule has 1 atom stereocenters. The first kappa shape index (κ1) is 15.6. The molecule has 0 bridgehead atoms. The highest BCUT2D eigenvalue weighted by molar-refractivity contribution is 5.95. The highest BCUT2D eigenvalue weighted by atomic mass is 16.2. The zero-order valence-electron chi connectivity index (χ0n) is 14.1. The topological polar surface area (TPSA) is 49.0 Å². The summed E-state index contributed by atoms with van der Waals surface area (Å²) in [5, 5.41) is 0. The first-order valence-corrected chi connectivity index (χ1v) is 8.73. The molecule has 0 radical (unpaired) electrons. The molecule has 0 saturated heterocycles. The molecular weight excluding hydrogens is 310 g/mol. The first-order valence-electron chi connectivity index (χ1n) is 8.73. The number of benzene rings is 2. The molecule has 1 N–H and O–H groups in total. The summed E-state index contributed by atoms with van der Waals surface area (Å²) >= 11 is 0. The standard InChI is InChI=1S/C21H21N3O/c25-21(17-11-12-19-20(13-17)23-15-22-19)24(18-9-5-2-6-10-18)14-16-7-3-1-4-8-16/h1-10,15,17H,11-14H2,(H,22,23). The number of nitrogens with zero attached hydrogens (tertiary/aromatic N) is 2. The molecule has 1 aliphatic rings. The van der Waals surface area contributed by atoms with Crippen LogP contribution in [0.25, 0.3) is 0 Å². The van der Waals surface area contributed by atoms with Gasteiger partial charge in [-0.3, -0.25) is 4.79 Å². The lowest BCUT2D eigenvalue weighted by Crippen LogP contribution is -2.38. The van der Waals surface area contributed by atoms with Crippen molar-refractivity contribution in [2.75, 3.05) is 4.90 Å². The average molecular weight is 331 g/mol. The van der Waals surface area contributed by atoms with Crippen LogP contribution in [0.2, 0.25) is 0 Å². The maximum absolute atomic E-state index is 13.3. The first-order chi connectivity index (χ1) is 12.3. The number of rotatable bonds is 4. The van der Waals surface area contributed by atoms with Crippen LogP contribution in [0.4, 0.5) is 5.69 Å². The molecule has 25 heavy (non-hydrogen) atoms. The van der Waals surface area contributed by atoms with Crippen LogP contribution < -0.4 is 4.90 Å². The van der Waals surface area contributed by atoms with Crippen molar-refractivity contribution < 1.29 is 4.79 Å². The monoisotopic (exact) mass is 331 g/mol. The number of para-hydroxylation sites is 1. The van der Waals surface area contributed by atoms with Gasteiger partial charge >= 0.3 is 0 Å². The molecular formula is C21H21N3O. The molecule has 0 saturated carbocycles. The molecule has 0 fully saturated rings. The third kappa shape index (κ3) is 3.33. The molecule has 1 amide bonds. The van der Waals surface area contributed by atoms with Gasteiger partial charge in [-0.25, -0.2) is 4.98 Å². The second-order valence-electron chi connectivity index (χ2n) is 6.51. The van der Waals surface area contributed by atoms with Crippen LogP contribution >= 0.6 is 0 Å². The Labute approximate surface area is 147 Å². The van der Waals surface area contributed by atoms with Gasteiger partial charge in [0.15, 0.2) is 0 Å². The van der Waals surface area contributed by atoms with Gasteiger partial charge in [-0.05, 0) is 30.5 Å². The maximum atomic E-state index is 13.3. The summed E-state index contributed by atoms with van der Waals surface area (Å²) in [6.07, 6.45) is 4.20. The van der Waals surface area contributed by atoms with E-state index in [1.807, 2.05) is 53.4 Å². The van der Waals surface area contributed by atoms with Gasteiger partial charge in [0.2, 0.25) is 5.91 Å². The molecule has 1 unspecified atom stereocenters. The van der Waals surface area contributed by atoms with Crippen LogP contribution in [0.3, 0.4) is 0 Å². The van der Waals surface area contributed by atoms with Gasteiger partial charge in [-0.2, -0.15) is 0 Å². The molecule has 0 aliphatic heterocycles. The van der Waals surface area contributed by atoms with Crippen LogP contribution in [0.15, 0.2) is 67.0 Å². The number of fused-ring (bicyclic) bond motifs is 1. The number of imidazole rings is 1. The fourth-order valence-corrected chi connectivity index (χ4v) is 3.50.